The molecule has 0 aromatic rings. The number of rotatable bonds is 2. The Bertz CT molecular complexity index is 200. The molecule has 0 radical (unpaired) electrons. The van der Waals surface area contributed by atoms with E-state index in [1.165, 1.54) is 37.7 Å². The predicted molar refractivity (Wildman–Crippen MR) is 50.6 cm³/mol. The van der Waals surface area contributed by atoms with Crippen LogP contribution in [0.5, 0.6) is 0 Å². The molecule has 1 heteroatoms. The normalized spacial score (nSPS) is 17.2. The highest BCUT2D eigenvalue weighted by molar-refractivity contribution is 5.14. The average molecular weight is 163 g/mol. The van der Waals surface area contributed by atoms with Crippen LogP contribution < -0.4 is 0 Å². The molecule has 66 valence electrons. The van der Waals surface area contributed by atoms with Crippen molar-refractivity contribution in [3.8, 4) is 6.07 Å². The predicted octanol–water partition coefficient (Wildman–Crippen LogP) is 3.57. The number of hydrogen-bond donors (Lipinski definition) is 0. The van der Waals surface area contributed by atoms with Gasteiger partial charge in [-0.3, -0.25) is 0 Å². The maximum atomic E-state index is 8.44. The van der Waals surface area contributed by atoms with Gasteiger partial charge < -0.3 is 0 Å². The van der Waals surface area contributed by atoms with E-state index in [1.807, 2.05) is 0 Å². The summed E-state index contributed by atoms with van der Waals surface area (Å²) in [6, 6.07) is 2.20. The highest BCUT2D eigenvalue weighted by Gasteiger charge is 2.07. The summed E-state index contributed by atoms with van der Waals surface area (Å²) in [7, 11) is 0. The summed E-state index contributed by atoms with van der Waals surface area (Å²) in [5.41, 5.74) is 3.12. The van der Waals surface area contributed by atoms with Crippen molar-refractivity contribution in [2.24, 2.45) is 0 Å². The van der Waals surface area contributed by atoms with E-state index in [1.54, 1.807) is 5.57 Å². The minimum atomic E-state index is 0.690. The van der Waals surface area contributed by atoms with Crippen LogP contribution in [0.2, 0.25) is 0 Å². The summed E-state index contributed by atoms with van der Waals surface area (Å²) in [5.74, 6) is 0. The summed E-state index contributed by atoms with van der Waals surface area (Å²) < 4.78 is 0. The van der Waals surface area contributed by atoms with Gasteiger partial charge in [0.25, 0.3) is 0 Å². The van der Waals surface area contributed by atoms with E-state index >= 15 is 0 Å². The first kappa shape index (κ1) is 9.32. The zero-order valence-corrected chi connectivity index (χ0v) is 7.90. The molecule has 12 heavy (non-hydrogen) atoms. The molecule has 1 fully saturated rings. The fourth-order valence-corrected chi connectivity index (χ4v) is 1.83. The van der Waals surface area contributed by atoms with Gasteiger partial charge in [-0.05, 0) is 39.0 Å². The molecular weight excluding hydrogens is 146 g/mol. The molecule has 0 aromatic heterocycles. The fraction of sp³-hybridized carbons (Fsp3) is 0.727. The van der Waals surface area contributed by atoms with Gasteiger partial charge in [-0.15, -0.1) is 0 Å². The Morgan fingerprint density at radius 1 is 1.33 bits per heavy atom. The zero-order valence-electron chi connectivity index (χ0n) is 7.90. The van der Waals surface area contributed by atoms with Crippen LogP contribution in [-0.4, -0.2) is 0 Å². The van der Waals surface area contributed by atoms with E-state index in [4.69, 9.17) is 5.26 Å². The lowest BCUT2D eigenvalue weighted by Gasteiger charge is -2.16. The second-order valence-corrected chi connectivity index (χ2v) is 3.60. The molecule has 0 N–H and O–H groups in total. The summed E-state index contributed by atoms with van der Waals surface area (Å²) in [6.07, 6.45) is 8.38. The van der Waals surface area contributed by atoms with Crippen LogP contribution in [0.1, 0.15) is 51.9 Å². The Balaban J connectivity index is 2.44. The minimum absolute atomic E-state index is 0.690. The molecule has 1 nitrogen and oxygen atoms in total. The van der Waals surface area contributed by atoms with Crippen molar-refractivity contribution in [2.75, 3.05) is 0 Å². The van der Waals surface area contributed by atoms with Gasteiger partial charge in [0.1, 0.15) is 0 Å². The van der Waals surface area contributed by atoms with Crippen LogP contribution in [0.4, 0.5) is 0 Å². The van der Waals surface area contributed by atoms with Gasteiger partial charge in [-0.25, -0.2) is 0 Å². The third-order valence-corrected chi connectivity index (χ3v) is 2.67. The molecule has 0 bridgehead atoms. The van der Waals surface area contributed by atoms with Gasteiger partial charge in [0.05, 0.1) is 6.07 Å². The van der Waals surface area contributed by atoms with Crippen molar-refractivity contribution in [1.29, 1.82) is 5.26 Å². The molecule has 0 saturated heterocycles. The van der Waals surface area contributed by atoms with E-state index in [0.29, 0.717) is 6.42 Å². The Morgan fingerprint density at radius 2 is 2.00 bits per heavy atom. The molecule has 0 amide bonds. The second-order valence-electron chi connectivity index (χ2n) is 3.60. The van der Waals surface area contributed by atoms with Crippen molar-refractivity contribution >= 4 is 0 Å². The average Bonchev–Trinajstić information content (AvgIpc) is 2.15. The summed E-state index contributed by atoms with van der Waals surface area (Å²) >= 11 is 0. The SMILES string of the molecule is CC(CCC#N)=C1CCCCC1. The number of allylic oxidation sites excluding steroid dienone is 2. The van der Waals surface area contributed by atoms with Gasteiger partial charge in [-0.2, -0.15) is 5.26 Å². The Labute approximate surface area is 75.1 Å². The number of nitrogens with zero attached hydrogens (tertiary/aromatic N) is 1. The van der Waals surface area contributed by atoms with Crippen LogP contribution in [-0.2, 0) is 0 Å². The first-order valence-corrected chi connectivity index (χ1v) is 4.89. The Morgan fingerprint density at radius 3 is 2.58 bits per heavy atom. The van der Waals surface area contributed by atoms with E-state index in [0.717, 1.165) is 6.42 Å². The molecular formula is C11H17N. The van der Waals surface area contributed by atoms with Crippen molar-refractivity contribution in [2.45, 2.75) is 51.9 Å². The van der Waals surface area contributed by atoms with Crippen molar-refractivity contribution < 1.29 is 0 Å². The minimum Gasteiger partial charge on any atom is -0.198 e. The molecule has 0 aliphatic heterocycles. The maximum absolute atomic E-state index is 8.44. The first-order chi connectivity index (χ1) is 5.84. The summed E-state index contributed by atoms with van der Waals surface area (Å²) in [6.45, 7) is 2.19. The lowest BCUT2D eigenvalue weighted by Crippen LogP contribution is -1.96. The number of hydrogen-bond acceptors (Lipinski definition) is 1. The van der Waals surface area contributed by atoms with Crippen LogP contribution in [0.3, 0.4) is 0 Å². The lowest BCUT2D eigenvalue weighted by molar-refractivity contribution is 0.590. The fourth-order valence-electron chi connectivity index (χ4n) is 1.83. The molecule has 1 rings (SSSR count). The maximum Gasteiger partial charge on any atom is 0.0625 e. The largest absolute Gasteiger partial charge is 0.198 e. The molecule has 1 aliphatic rings. The standard InChI is InChI=1S/C11H17N/c1-10(6-5-9-12)11-7-3-2-4-8-11/h2-8H2,1H3. The Hall–Kier alpha value is -0.770. The van der Waals surface area contributed by atoms with Gasteiger partial charge >= 0.3 is 0 Å². The van der Waals surface area contributed by atoms with Crippen LogP contribution in [0.25, 0.3) is 0 Å². The molecule has 1 saturated carbocycles. The third-order valence-electron chi connectivity index (χ3n) is 2.67. The van der Waals surface area contributed by atoms with Gasteiger partial charge in [0.2, 0.25) is 0 Å². The van der Waals surface area contributed by atoms with Crippen LogP contribution in [0, 0.1) is 11.3 Å². The first-order valence-electron chi connectivity index (χ1n) is 4.89. The Kier molecular flexibility index (Phi) is 3.87. The van der Waals surface area contributed by atoms with E-state index in [-0.39, 0.29) is 0 Å². The van der Waals surface area contributed by atoms with Crippen molar-refractivity contribution in [3.05, 3.63) is 11.1 Å². The quantitative estimate of drug-likeness (QED) is 0.571. The van der Waals surface area contributed by atoms with Crippen LogP contribution >= 0.6 is 0 Å². The van der Waals surface area contributed by atoms with Gasteiger partial charge in [-0.1, -0.05) is 17.6 Å². The lowest BCUT2D eigenvalue weighted by atomic mass is 9.90. The van der Waals surface area contributed by atoms with E-state index in [2.05, 4.69) is 13.0 Å². The van der Waals surface area contributed by atoms with Crippen LogP contribution in [0.15, 0.2) is 11.1 Å². The van der Waals surface area contributed by atoms with E-state index < -0.39 is 0 Å². The highest BCUT2D eigenvalue weighted by atomic mass is 14.2. The second kappa shape index (κ2) is 4.98. The molecule has 0 atom stereocenters. The molecule has 0 aromatic carbocycles. The third kappa shape index (κ3) is 2.70. The van der Waals surface area contributed by atoms with Gasteiger partial charge in [0.15, 0.2) is 0 Å². The molecule has 0 unspecified atom stereocenters. The van der Waals surface area contributed by atoms with Crippen molar-refractivity contribution in [1.82, 2.24) is 0 Å². The summed E-state index contributed by atoms with van der Waals surface area (Å²) in [4.78, 5) is 0. The van der Waals surface area contributed by atoms with Gasteiger partial charge in [0, 0.05) is 6.42 Å². The highest BCUT2D eigenvalue weighted by Crippen LogP contribution is 2.27. The monoisotopic (exact) mass is 163 g/mol. The molecule has 1 aliphatic carbocycles. The molecule has 0 spiro atoms. The van der Waals surface area contributed by atoms with E-state index in [9.17, 15) is 0 Å². The molecule has 0 heterocycles. The zero-order chi connectivity index (χ0) is 8.81. The van der Waals surface area contributed by atoms with Crippen molar-refractivity contribution in [3.63, 3.8) is 0 Å². The number of nitriles is 1. The smallest absolute Gasteiger partial charge is 0.0625 e. The summed E-state index contributed by atoms with van der Waals surface area (Å²) in [5, 5.41) is 8.44. The topological polar surface area (TPSA) is 23.8 Å².